The van der Waals surface area contributed by atoms with Crippen LogP contribution in [0.15, 0.2) is 102 Å². The van der Waals surface area contributed by atoms with Gasteiger partial charge in [0, 0.05) is 67.3 Å². The van der Waals surface area contributed by atoms with Crippen LogP contribution in [0, 0.1) is 23.3 Å². The summed E-state index contributed by atoms with van der Waals surface area (Å²) in [5, 5.41) is 7.83. The topological polar surface area (TPSA) is 112 Å². The highest BCUT2D eigenvalue weighted by Gasteiger charge is 2.28. The molecule has 0 unspecified atom stereocenters. The highest BCUT2D eigenvalue weighted by atomic mass is 32.1. The van der Waals surface area contributed by atoms with Gasteiger partial charge in [-0.2, -0.15) is 0 Å². The quantitative estimate of drug-likeness (QED) is 0.106. The number of nitrogens with one attached hydrogen (secondary N) is 2. The first kappa shape index (κ1) is 37.8. The summed E-state index contributed by atoms with van der Waals surface area (Å²) in [6, 6.07) is 15.3. The molecule has 0 spiro atoms. The van der Waals surface area contributed by atoms with Crippen LogP contribution in [0.2, 0.25) is 0 Å². The van der Waals surface area contributed by atoms with Crippen molar-refractivity contribution in [3.05, 3.63) is 136 Å². The van der Waals surface area contributed by atoms with Gasteiger partial charge in [-0.15, -0.1) is 22.7 Å². The summed E-state index contributed by atoms with van der Waals surface area (Å²) in [5.41, 5.74) is 3.45. The lowest BCUT2D eigenvalue weighted by Crippen LogP contribution is -2.49. The molecular formula is C39H31F4N5O4S2. The third-order valence-corrected chi connectivity index (χ3v) is 10.2. The third-order valence-electron chi connectivity index (χ3n) is 8.53. The summed E-state index contributed by atoms with van der Waals surface area (Å²) < 4.78 is 58.2. The van der Waals surface area contributed by atoms with Crippen molar-refractivity contribution in [2.24, 2.45) is 0 Å². The number of benzene rings is 4. The number of hydrogen-bond donors (Lipinski definition) is 2. The van der Waals surface area contributed by atoms with Crippen LogP contribution in [0.25, 0.3) is 20.3 Å². The number of hydrogen-bond acceptors (Lipinski definition) is 7. The molecule has 2 aromatic heterocycles. The number of thiazole rings is 1. The van der Waals surface area contributed by atoms with Crippen LogP contribution in [0.4, 0.5) is 28.9 Å². The van der Waals surface area contributed by atoms with E-state index in [2.05, 4.69) is 15.6 Å². The minimum absolute atomic E-state index is 0.0913. The summed E-state index contributed by atoms with van der Waals surface area (Å²) in [6.07, 6.45) is 1.08. The number of thiophene rings is 1. The van der Waals surface area contributed by atoms with Crippen molar-refractivity contribution >= 4 is 78.0 Å². The minimum atomic E-state index is -1.34. The second-order valence-corrected chi connectivity index (χ2v) is 14.2. The van der Waals surface area contributed by atoms with Crippen LogP contribution in [-0.4, -0.2) is 54.8 Å². The number of carbonyl (C=O) groups is 4. The van der Waals surface area contributed by atoms with E-state index in [1.807, 2.05) is 17.5 Å². The molecule has 0 aliphatic rings. The molecule has 2 atom stereocenters. The number of amides is 4. The number of rotatable bonds is 12. The zero-order chi connectivity index (χ0) is 38.5. The average Bonchev–Trinajstić information content (AvgIpc) is 3.80. The van der Waals surface area contributed by atoms with Gasteiger partial charge in [0.1, 0.15) is 35.4 Å². The van der Waals surface area contributed by atoms with Crippen molar-refractivity contribution < 1.29 is 36.7 Å². The number of fused-ring (bicyclic) bond motifs is 2. The lowest BCUT2D eigenvalue weighted by molar-refractivity contribution is -0.125. The SMILES string of the molecule is CN(C(=O)[C@H](Cc1cc(F)cc(F)c1)NC(=O)/C=C\C(=O)N[C@@H](Cc1cc(F)cc(F)c1)C(=O)N(C)c1ccc2scnc2c1)c1ccc2sccc2c1. The lowest BCUT2D eigenvalue weighted by atomic mass is 10.0. The van der Waals surface area contributed by atoms with Crippen LogP contribution in [-0.2, 0) is 32.0 Å². The maximum Gasteiger partial charge on any atom is 0.249 e. The number of aromatic nitrogens is 1. The fourth-order valence-electron chi connectivity index (χ4n) is 5.86. The summed E-state index contributed by atoms with van der Waals surface area (Å²) in [7, 11) is 2.97. The largest absolute Gasteiger partial charge is 0.340 e. The van der Waals surface area contributed by atoms with E-state index in [1.54, 1.807) is 35.8 Å². The van der Waals surface area contributed by atoms with Gasteiger partial charge in [0.15, 0.2) is 0 Å². The lowest BCUT2D eigenvalue weighted by Gasteiger charge is -2.25. The van der Waals surface area contributed by atoms with Crippen molar-refractivity contribution in [2.75, 3.05) is 23.9 Å². The number of nitrogens with zero attached hydrogens (tertiary/aromatic N) is 3. The first-order valence-corrected chi connectivity index (χ1v) is 18.1. The summed E-state index contributed by atoms with van der Waals surface area (Å²) in [4.78, 5) is 60.7. The Kier molecular flexibility index (Phi) is 11.5. The molecule has 0 saturated carbocycles. The van der Waals surface area contributed by atoms with Gasteiger partial charge in [-0.25, -0.2) is 22.5 Å². The second kappa shape index (κ2) is 16.4. The van der Waals surface area contributed by atoms with Crippen molar-refractivity contribution in [1.82, 2.24) is 15.6 Å². The highest BCUT2D eigenvalue weighted by Crippen LogP contribution is 2.27. The van der Waals surface area contributed by atoms with Gasteiger partial charge >= 0.3 is 0 Å². The van der Waals surface area contributed by atoms with Crippen molar-refractivity contribution in [3.8, 4) is 0 Å². The zero-order valence-corrected chi connectivity index (χ0v) is 30.3. The average molecular weight is 774 g/mol. The number of anilines is 2. The van der Waals surface area contributed by atoms with Crippen molar-refractivity contribution in [1.29, 1.82) is 0 Å². The fraction of sp³-hybridized carbons (Fsp3) is 0.154. The molecule has 2 heterocycles. The van der Waals surface area contributed by atoms with E-state index in [4.69, 9.17) is 0 Å². The Hall–Kier alpha value is -5.93. The molecular weight excluding hydrogens is 743 g/mol. The van der Waals surface area contributed by atoms with Crippen molar-refractivity contribution in [2.45, 2.75) is 24.9 Å². The standard InChI is InChI=1S/C39H31F4N5O4S2/c1-47(29-3-5-34-24(17-29)9-10-53-34)38(51)32(15-22-11-25(40)18-26(41)12-22)45-36(49)7-8-37(50)46-33(16-23-13-27(42)19-28(43)14-23)39(52)48(2)30-4-6-35-31(20-30)44-21-54-35/h3-14,17-21,32-33H,15-16H2,1-2H3,(H,45,49)(H,46,50)/b8-7-/t32-,33-/m0/s1. The van der Waals surface area contributed by atoms with Gasteiger partial charge in [0.05, 0.1) is 15.7 Å². The Morgan fingerprint density at radius 1 is 0.648 bits per heavy atom. The highest BCUT2D eigenvalue weighted by molar-refractivity contribution is 7.17. The van der Waals surface area contributed by atoms with Crippen LogP contribution in [0.3, 0.4) is 0 Å². The molecule has 276 valence electrons. The van der Waals surface area contributed by atoms with E-state index < -0.39 is 59.0 Å². The summed E-state index contributed by atoms with van der Waals surface area (Å²) in [5.74, 6) is -6.51. The summed E-state index contributed by atoms with van der Waals surface area (Å²) in [6.45, 7) is 0. The smallest absolute Gasteiger partial charge is 0.249 e. The molecule has 0 bridgehead atoms. The Balaban J connectivity index is 1.20. The molecule has 0 fully saturated rings. The zero-order valence-electron chi connectivity index (χ0n) is 28.7. The number of halogens is 4. The second-order valence-electron chi connectivity index (χ2n) is 12.4. The Labute approximate surface area is 314 Å². The normalized spacial score (nSPS) is 12.5. The number of carbonyl (C=O) groups excluding carboxylic acids is 4. The van der Waals surface area contributed by atoms with E-state index in [1.165, 1.54) is 46.6 Å². The molecule has 6 rings (SSSR count). The van der Waals surface area contributed by atoms with Gasteiger partial charge in [0.2, 0.25) is 23.6 Å². The molecule has 0 saturated heterocycles. The maximum absolute atomic E-state index is 14.1. The predicted octanol–water partition coefficient (Wildman–Crippen LogP) is 6.70. The Bertz CT molecular complexity index is 2210. The van der Waals surface area contributed by atoms with E-state index in [0.29, 0.717) is 29.0 Å². The molecule has 2 N–H and O–H groups in total. The number of likely N-dealkylation sites (N-methyl/N-ethyl adjacent to an activating group) is 2. The fourth-order valence-corrected chi connectivity index (χ4v) is 7.29. The molecule has 4 amide bonds. The van der Waals surface area contributed by atoms with E-state index in [9.17, 15) is 36.7 Å². The first-order chi connectivity index (χ1) is 25.8. The van der Waals surface area contributed by atoms with E-state index in [0.717, 1.165) is 51.2 Å². The van der Waals surface area contributed by atoms with Gasteiger partial charge in [-0.3, -0.25) is 19.2 Å². The molecule has 9 nitrogen and oxygen atoms in total. The van der Waals surface area contributed by atoms with Gasteiger partial charge < -0.3 is 20.4 Å². The van der Waals surface area contributed by atoms with Crippen LogP contribution in [0.5, 0.6) is 0 Å². The molecule has 6 aromatic rings. The van der Waals surface area contributed by atoms with Crippen molar-refractivity contribution in [3.63, 3.8) is 0 Å². The predicted molar refractivity (Wildman–Crippen MR) is 201 cm³/mol. The third kappa shape index (κ3) is 9.16. The van der Waals surface area contributed by atoms with E-state index in [-0.39, 0.29) is 24.0 Å². The first-order valence-electron chi connectivity index (χ1n) is 16.4. The maximum atomic E-state index is 14.1. The molecule has 15 heteroatoms. The molecule has 0 aliphatic heterocycles. The summed E-state index contributed by atoms with van der Waals surface area (Å²) >= 11 is 2.94. The Morgan fingerprint density at radius 3 is 1.65 bits per heavy atom. The Morgan fingerprint density at radius 2 is 1.13 bits per heavy atom. The molecule has 0 aliphatic carbocycles. The molecule has 54 heavy (non-hydrogen) atoms. The minimum Gasteiger partial charge on any atom is -0.340 e. The molecule has 4 aromatic carbocycles. The van der Waals surface area contributed by atoms with Gasteiger partial charge in [-0.05, 0) is 88.6 Å². The monoisotopic (exact) mass is 773 g/mol. The van der Waals surface area contributed by atoms with E-state index >= 15 is 0 Å². The van der Waals surface area contributed by atoms with Crippen LogP contribution >= 0.6 is 22.7 Å². The van der Waals surface area contributed by atoms with Gasteiger partial charge in [-0.1, -0.05) is 0 Å². The van der Waals surface area contributed by atoms with Gasteiger partial charge in [0.25, 0.3) is 0 Å². The van der Waals surface area contributed by atoms with Crippen LogP contribution < -0.4 is 20.4 Å². The van der Waals surface area contributed by atoms with Crippen LogP contribution in [0.1, 0.15) is 11.1 Å². The molecule has 0 radical (unpaired) electrons.